The van der Waals surface area contributed by atoms with Crippen LogP contribution >= 0.6 is 27.7 Å². The molecule has 1 N–H and O–H groups in total. The monoisotopic (exact) mass is 523 g/mol. The standard InChI is InChI=1S/C24H18BrN3O4S/c25-19-11-18(22(29)20(13-19)28(31)32)12-21-23(30)27(15-17-9-5-2-6-10-17)24(33-21)26-14-16-7-3-1-4-8-16/h1-13,29H,14-15H2/b21-12-,26-24?. The predicted octanol–water partition coefficient (Wildman–Crippen LogP) is 5.74. The number of phenols is 1. The molecule has 33 heavy (non-hydrogen) atoms. The number of aromatic hydroxyl groups is 1. The second kappa shape index (κ2) is 10.0. The number of nitro benzene ring substituents is 1. The lowest BCUT2D eigenvalue weighted by atomic mass is 10.1. The summed E-state index contributed by atoms with van der Waals surface area (Å²) >= 11 is 4.41. The van der Waals surface area contributed by atoms with Crippen LogP contribution in [0.2, 0.25) is 0 Å². The van der Waals surface area contributed by atoms with Crippen LogP contribution < -0.4 is 0 Å². The van der Waals surface area contributed by atoms with Crippen LogP contribution in [0.25, 0.3) is 6.08 Å². The average Bonchev–Trinajstić information content (AvgIpc) is 3.10. The molecular weight excluding hydrogens is 506 g/mol. The first-order valence-electron chi connectivity index (χ1n) is 9.93. The quantitative estimate of drug-likeness (QED) is 0.252. The number of nitrogens with zero attached hydrogens (tertiary/aromatic N) is 3. The Labute approximate surface area is 202 Å². The molecule has 0 aromatic heterocycles. The van der Waals surface area contributed by atoms with E-state index in [1.807, 2.05) is 60.7 Å². The van der Waals surface area contributed by atoms with Crippen LogP contribution in [-0.4, -0.2) is 26.0 Å². The molecule has 1 aliphatic heterocycles. The second-order valence-electron chi connectivity index (χ2n) is 7.19. The number of amides is 1. The first kappa shape index (κ1) is 22.8. The Bertz CT molecular complexity index is 1260. The molecule has 3 aromatic rings. The molecule has 0 aliphatic carbocycles. The molecule has 9 heteroatoms. The molecule has 0 spiro atoms. The van der Waals surface area contributed by atoms with Gasteiger partial charge in [-0.05, 0) is 35.0 Å². The third-order valence-corrected chi connectivity index (χ3v) is 6.38. The SMILES string of the molecule is O=C1/C(=C/c2cc(Br)cc([N+](=O)[O-])c2O)SC(=NCc2ccccc2)N1Cc1ccccc1. The van der Waals surface area contributed by atoms with Crippen LogP contribution in [-0.2, 0) is 17.9 Å². The molecule has 1 amide bonds. The highest BCUT2D eigenvalue weighted by molar-refractivity contribution is 9.10. The second-order valence-corrected chi connectivity index (χ2v) is 9.12. The number of hydrogen-bond acceptors (Lipinski definition) is 6. The summed E-state index contributed by atoms with van der Waals surface area (Å²) in [7, 11) is 0. The average molecular weight is 524 g/mol. The number of thioether (sulfide) groups is 1. The fraction of sp³-hybridized carbons (Fsp3) is 0.0833. The van der Waals surface area contributed by atoms with Gasteiger partial charge in [-0.3, -0.25) is 24.8 Å². The van der Waals surface area contributed by atoms with Gasteiger partial charge in [0.2, 0.25) is 5.75 Å². The highest BCUT2D eigenvalue weighted by atomic mass is 79.9. The van der Waals surface area contributed by atoms with Crippen molar-refractivity contribution < 1.29 is 14.8 Å². The van der Waals surface area contributed by atoms with Gasteiger partial charge in [-0.2, -0.15) is 0 Å². The minimum Gasteiger partial charge on any atom is -0.502 e. The van der Waals surface area contributed by atoms with Crippen molar-refractivity contribution in [2.75, 3.05) is 0 Å². The van der Waals surface area contributed by atoms with Gasteiger partial charge in [-0.15, -0.1) is 0 Å². The largest absolute Gasteiger partial charge is 0.502 e. The highest BCUT2D eigenvalue weighted by Crippen LogP contribution is 2.39. The molecule has 0 unspecified atom stereocenters. The van der Waals surface area contributed by atoms with Gasteiger partial charge in [0.1, 0.15) is 0 Å². The number of hydrogen-bond donors (Lipinski definition) is 1. The third-order valence-electron chi connectivity index (χ3n) is 4.88. The Hall–Kier alpha value is -3.43. The summed E-state index contributed by atoms with van der Waals surface area (Å²) in [6, 6.07) is 22.0. The van der Waals surface area contributed by atoms with Crippen molar-refractivity contribution in [2.24, 2.45) is 4.99 Å². The maximum absolute atomic E-state index is 13.3. The first-order valence-corrected chi connectivity index (χ1v) is 11.5. The Morgan fingerprint density at radius 1 is 1.06 bits per heavy atom. The van der Waals surface area contributed by atoms with Crippen molar-refractivity contribution in [3.05, 3.63) is 109 Å². The molecule has 4 rings (SSSR count). The zero-order valence-electron chi connectivity index (χ0n) is 17.2. The fourth-order valence-electron chi connectivity index (χ4n) is 3.27. The topological polar surface area (TPSA) is 96.0 Å². The molecule has 166 valence electrons. The van der Waals surface area contributed by atoms with Gasteiger partial charge >= 0.3 is 5.69 Å². The number of halogens is 1. The minimum atomic E-state index is -0.667. The zero-order chi connectivity index (χ0) is 23.4. The van der Waals surface area contributed by atoms with Crippen LogP contribution in [0.3, 0.4) is 0 Å². The van der Waals surface area contributed by atoms with Crippen LogP contribution in [0, 0.1) is 10.1 Å². The predicted molar refractivity (Wildman–Crippen MR) is 133 cm³/mol. The summed E-state index contributed by atoms with van der Waals surface area (Å²) in [5.41, 5.74) is 1.69. The van der Waals surface area contributed by atoms with Gasteiger partial charge in [-0.25, -0.2) is 0 Å². The smallest absolute Gasteiger partial charge is 0.312 e. The van der Waals surface area contributed by atoms with Gasteiger partial charge in [0.25, 0.3) is 5.91 Å². The van der Waals surface area contributed by atoms with Crippen molar-refractivity contribution in [2.45, 2.75) is 13.1 Å². The molecule has 7 nitrogen and oxygen atoms in total. The van der Waals surface area contributed by atoms with E-state index in [9.17, 15) is 20.0 Å². The Balaban J connectivity index is 1.70. The van der Waals surface area contributed by atoms with E-state index in [0.717, 1.165) is 11.1 Å². The Morgan fingerprint density at radius 2 is 1.70 bits per heavy atom. The van der Waals surface area contributed by atoms with E-state index in [-0.39, 0.29) is 11.5 Å². The van der Waals surface area contributed by atoms with Gasteiger partial charge in [0.15, 0.2) is 5.17 Å². The molecule has 1 aliphatic rings. The van der Waals surface area contributed by atoms with E-state index in [1.54, 1.807) is 4.90 Å². The number of rotatable bonds is 6. The van der Waals surface area contributed by atoms with E-state index in [4.69, 9.17) is 0 Å². The van der Waals surface area contributed by atoms with Gasteiger partial charge in [0.05, 0.1) is 22.9 Å². The maximum atomic E-state index is 13.3. The van der Waals surface area contributed by atoms with Gasteiger partial charge < -0.3 is 5.11 Å². The van der Waals surface area contributed by atoms with Crippen LogP contribution in [0.1, 0.15) is 16.7 Å². The van der Waals surface area contributed by atoms with E-state index in [1.165, 1.54) is 30.0 Å². The van der Waals surface area contributed by atoms with Crippen molar-refractivity contribution in [1.82, 2.24) is 4.90 Å². The lowest BCUT2D eigenvalue weighted by molar-refractivity contribution is -0.385. The molecule has 0 radical (unpaired) electrons. The molecule has 0 saturated carbocycles. The van der Waals surface area contributed by atoms with Crippen molar-refractivity contribution in [1.29, 1.82) is 0 Å². The number of amidine groups is 1. The number of phenolic OH excluding ortho intramolecular Hbond substituents is 1. The Kier molecular flexibility index (Phi) is 6.90. The van der Waals surface area contributed by atoms with E-state index in [0.29, 0.717) is 27.6 Å². The van der Waals surface area contributed by atoms with Crippen molar-refractivity contribution in [3.8, 4) is 5.75 Å². The van der Waals surface area contributed by atoms with E-state index >= 15 is 0 Å². The number of carbonyl (C=O) groups is 1. The van der Waals surface area contributed by atoms with Crippen molar-refractivity contribution >= 4 is 50.5 Å². The Morgan fingerprint density at radius 3 is 2.33 bits per heavy atom. The van der Waals surface area contributed by atoms with Crippen LogP contribution in [0.5, 0.6) is 5.75 Å². The lowest BCUT2D eigenvalue weighted by Gasteiger charge is -2.15. The highest BCUT2D eigenvalue weighted by Gasteiger charge is 2.34. The fourth-order valence-corrected chi connectivity index (χ4v) is 4.70. The number of nitro groups is 1. The van der Waals surface area contributed by atoms with Crippen molar-refractivity contribution in [3.63, 3.8) is 0 Å². The zero-order valence-corrected chi connectivity index (χ0v) is 19.6. The lowest BCUT2D eigenvalue weighted by Crippen LogP contribution is -2.28. The summed E-state index contributed by atoms with van der Waals surface area (Å²) in [4.78, 5) is 30.4. The molecule has 0 bridgehead atoms. The normalized spacial score (nSPS) is 16.0. The molecule has 3 aromatic carbocycles. The maximum Gasteiger partial charge on any atom is 0.312 e. The summed E-state index contributed by atoms with van der Waals surface area (Å²) < 4.78 is 0.424. The first-order chi connectivity index (χ1) is 15.9. The third kappa shape index (κ3) is 5.32. The van der Waals surface area contributed by atoms with Crippen LogP contribution in [0.15, 0.2) is 87.2 Å². The molecule has 1 fully saturated rings. The van der Waals surface area contributed by atoms with Gasteiger partial charge in [0, 0.05) is 16.1 Å². The molecule has 1 heterocycles. The number of benzene rings is 3. The molecule has 1 saturated heterocycles. The number of aliphatic imine (C=N–C) groups is 1. The summed E-state index contributed by atoms with van der Waals surface area (Å²) in [5.74, 6) is -0.772. The molecule has 0 atom stereocenters. The summed E-state index contributed by atoms with van der Waals surface area (Å²) in [6.07, 6.45) is 1.46. The van der Waals surface area contributed by atoms with Gasteiger partial charge in [-0.1, -0.05) is 76.6 Å². The van der Waals surface area contributed by atoms with E-state index < -0.39 is 16.4 Å². The minimum absolute atomic E-state index is 0.177. The summed E-state index contributed by atoms with van der Waals surface area (Å²) in [6.45, 7) is 0.741. The molecular formula is C24H18BrN3O4S. The van der Waals surface area contributed by atoms with E-state index in [2.05, 4.69) is 20.9 Å². The van der Waals surface area contributed by atoms with Crippen LogP contribution in [0.4, 0.5) is 5.69 Å². The number of carbonyl (C=O) groups excluding carboxylic acids is 1. The summed E-state index contributed by atoms with van der Waals surface area (Å²) in [5, 5.41) is 22.2.